The lowest BCUT2D eigenvalue weighted by atomic mass is 9.98. The van der Waals surface area contributed by atoms with Crippen LogP contribution >= 0.6 is 12.2 Å². The van der Waals surface area contributed by atoms with E-state index in [4.69, 9.17) is 18.0 Å². The molecule has 0 amide bonds. The summed E-state index contributed by atoms with van der Waals surface area (Å²) in [6, 6.07) is 0. The normalized spacial score (nSPS) is 25.3. The van der Waals surface area contributed by atoms with Crippen molar-refractivity contribution in [2.24, 2.45) is 11.7 Å². The van der Waals surface area contributed by atoms with Crippen LogP contribution in [0, 0.1) is 5.92 Å². The lowest BCUT2D eigenvalue weighted by Gasteiger charge is -2.30. The van der Waals surface area contributed by atoms with Gasteiger partial charge in [0.2, 0.25) is 10.0 Å². The lowest BCUT2D eigenvalue weighted by Crippen LogP contribution is -2.42. The Morgan fingerprint density at radius 2 is 1.73 bits per heavy atom. The summed E-state index contributed by atoms with van der Waals surface area (Å²) in [5.74, 6) is 0.227. The smallest absolute Gasteiger partial charge is 0.216 e. The molecule has 0 spiro atoms. The van der Waals surface area contributed by atoms with Crippen LogP contribution in [0.15, 0.2) is 0 Å². The molecule has 1 heterocycles. The summed E-state index contributed by atoms with van der Waals surface area (Å²) < 4.78 is 25.4. The third-order valence-electron chi connectivity index (χ3n) is 3.16. The van der Waals surface area contributed by atoms with E-state index in [-0.39, 0.29) is 11.2 Å². The highest BCUT2D eigenvalue weighted by atomic mass is 32.2. The Kier molecular flexibility index (Phi) is 3.00. The molecule has 0 aromatic rings. The van der Waals surface area contributed by atoms with Crippen molar-refractivity contribution in [1.82, 2.24) is 4.31 Å². The molecule has 1 aliphatic carbocycles. The number of nitrogens with zero attached hydrogens (tertiary/aromatic N) is 1. The van der Waals surface area contributed by atoms with Gasteiger partial charge in [0.05, 0.1) is 10.2 Å². The first-order valence-corrected chi connectivity index (χ1v) is 7.21. The Hall–Kier alpha value is -0.200. The molecule has 2 aliphatic rings. The van der Waals surface area contributed by atoms with Gasteiger partial charge in [0.15, 0.2) is 0 Å². The van der Waals surface area contributed by atoms with E-state index in [1.807, 2.05) is 0 Å². The highest BCUT2D eigenvalue weighted by Crippen LogP contribution is 2.33. The maximum atomic E-state index is 11.9. The van der Waals surface area contributed by atoms with E-state index >= 15 is 0 Å². The predicted molar refractivity (Wildman–Crippen MR) is 63.0 cm³/mol. The largest absolute Gasteiger partial charge is 0.393 e. The summed E-state index contributed by atoms with van der Waals surface area (Å²) in [4.78, 5) is 0.526. The van der Waals surface area contributed by atoms with Crippen LogP contribution in [0.5, 0.6) is 0 Å². The van der Waals surface area contributed by atoms with Crippen molar-refractivity contribution in [1.29, 1.82) is 0 Å². The summed E-state index contributed by atoms with van der Waals surface area (Å²) in [6.45, 7) is 1.17. The van der Waals surface area contributed by atoms with Crippen LogP contribution < -0.4 is 5.73 Å². The number of thiocarbonyl (C=S) groups is 1. The zero-order chi connectivity index (χ0) is 11.1. The van der Waals surface area contributed by atoms with E-state index in [0.717, 1.165) is 25.7 Å². The van der Waals surface area contributed by atoms with Crippen LogP contribution in [0.4, 0.5) is 0 Å². The van der Waals surface area contributed by atoms with Crippen molar-refractivity contribution in [3.63, 3.8) is 0 Å². The van der Waals surface area contributed by atoms with Crippen molar-refractivity contribution >= 4 is 27.2 Å². The van der Waals surface area contributed by atoms with Gasteiger partial charge in [-0.05, 0) is 25.7 Å². The third kappa shape index (κ3) is 2.32. The Balaban J connectivity index is 1.96. The van der Waals surface area contributed by atoms with Crippen molar-refractivity contribution in [2.75, 3.05) is 13.1 Å². The molecule has 2 rings (SSSR count). The summed E-state index contributed by atoms with van der Waals surface area (Å²) in [7, 11) is -2.99. The van der Waals surface area contributed by atoms with Gasteiger partial charge in [0.1, 0.15) is 0 Å². The highest BCUT2D eigenvalue weighted by molar-refractivity contribution is 7.90. The number of rotatable bonds is 3. The first kappa shape index (κ1) is 11.3. The molecular formula is C9H16N2O2S2. The summed E-state index contributed by atoms with van der Waals surface area (Å²) in [5.41, 5.74) is 5.56. The minimum atomic E-state index is -2.99. The first-order chi connectivity index (χ1) is 7.01. The van der Waals surface area contributed by atoms with Crippen molar-refractivity contribution in [3.05, 3.63) is 0 Å². The molecule has 0 unspecified atom stereocenters. The van der Waals surface area contributed by atoms with Gasteiger partial charge in [0.25, 0.3) is 0 Å². The monoisotopic (exact) mass is 248 g/mol. The van der Waals surface area contributed by atoms with Crippen molar-refractivity contribution in [2.45, 2.75) is 30.9 Å². The Labute approximate surface area is 95.9 Å². The summed E-state index contributed by atoms with van der Waals surface area (Å²) in [6.07, 6.45) is 3.22. The van der Waals surface area contributed by atoms with E-state index in [1.165, 1.54) is 0 Å². The molecule has 0 aromatic heterocycles. The number of hydrogen-bond acceptors (Lipinski definition) is 3. The van der Waals surface area contributed by atoms with E-state index in [2.05, 4.69) is 0 Å². The maximum Gasteiger partial charge on any atom is 0.216 e. The fourth-order valence-corrected chi connectivity index (χ4v) is 4.08. The van der Waals surface area contributed by atoms with Gasteiger partial charge in [-0.25, -0.2) is 12.7 Å². The molecule has 86 valence electrons. The Bertz CT molecular complexity index is 354. The van der Waals surface area contributed by atoms with E-state index in [9.17, 15) is 8.42 Å². The van der Waals surface area contributed by atoms with E-state index in [1.54, 1.807) is 4.31 Å². The molecule has 2 N–H and O–H groups in total. The van der Waals surface area contributed by atoms with Gasteiger partial charge in [0, 0.05) is 19.0 Å². The summed E-state index contributed by atoms with van der Waals surface area (Å²) >= 11 is 4.92. The Morgan fingerprint density at radius 3 is 2.13 bits per heavy atom. The molecule has 0 aromatic carbocycles. The average Bonchev–Trinajstić information content (AvgIpc) is 3.01. The van der Waals surface area contributed by atoms with Gasteiger partial charge < -0.3 is 5.73 Å². The van der Waals surface area contributed by atoms with Crippen LogP contribution in [0.2, 0.25) is 0 Å². The molecule has 0 radical (unpaired) electrons. The van der Waals surface area contributed by atoms with Crippen LogP contribution in [0.1, 0.15) is 25.7 Å². The zero-order valence-electron chi connectivity index (χ0n) is 8.55. The van der Waals surface area contributed by atoms with Crippen molar-refractivity contribution in [3.8, 4) is 0 Å². The first-order valence-electron chi connectivity index (χ1n) is 5.30. The van der Waals surface area contributed by atoms with Gasteiger partial charge in [-0.3, -0.25) is 0 Å². The third-order valence-corrected chi connectivity index (χ3v) is 5.89. The second-order valence-electron chi connectivity index (χ2n) is 4.32. The molecular weight excluding hydrogens is 232 g/mol. The molecule has 0 bridgehead atoms. The van der Waals surface area contributed by atoms with Crippen LogP contribution in [0.25, 0.3) is 0 Å². The van der Waals surface area contributed by atoms with E-state index in [0.29, 0.717) is 18.1 Å². The van der Waals surface area contributed by atoms with Crippen LogP contribution in [-0.4, -0.2) is 36.1 Å². The van der Waals surface area contributed by atoms with Crippen LogP contribution in [0.3, 0.4) is 0 Å². The Morgan fingerprint density at radius 1 is 1.20 bits per heavy atom. The topological polar surface area (TPSA) is 63.4 Å². The number of sulfonamides is 1. The average molecular weight is 248 g/mol. The standard InChI is InChI=1S/C9H16N2O2S2/c10-9(14)7-3-5-11(6-4-7)15(12,13)8-1-2-8/h7-8H,1-6H2,(H2,10,14). The number of piperidine rings is 1. The van der Waals surface area contributed by atoms with Gasteiger partial charge >= 0.3 is 0 Å². The molecule has 2 fully saturated rings. The SMILES string of the molecule is NC(=S)C1CCN(S(=O)(=O)C2CC2)CC1. The molecule has 4 nitrogen and oxygen atoms in total. The minimum Gasteiger partial charge on any atom is -0.393 e. The molecule has 0 atom stereocenters. The van der Waals surface area contributed by atoms with Gasteiger partial charge in [-0.1, -0.05) is 12.2 Å². The second kappa shape index (κ2) is 3.99. The lowest BCUT2D eigenvalue weighted by molar-refractivity contribution is 0.316. The quantitative estimate of drug-likeness (QED) is 0.738. The second-order valence-corrected chi connectivity index (χ2v) is 7.00. The molecule has 1 aliphatic heterocycles. The fraction of sp³-hybridized carbons (Fsp3) is 0.889. The molecule has 15 heavy (non-hydrogen) atoms. The van der Waals surface area contributed by atoms with Crippen LogP contribution in [-0.2, 0) is 10.0 Å². The molecule has 1 saturated carbocycles. The fourth-order valence-electron chi connectivity index (χ4n) is 1.97. The molecule has 1 saturated heterocycles. The zero-order valence-corrected chi connectivity index (χ0v) is 10.2. The van der Waals surface area contributed by atoms with Crippen molar-refractivity contribution < 1.29 is 8.42 Å². The number of nitrogens with two attached hydrogens (primary N) is 1. The number of hydrogen-bond donors (Lipinski definition) is 1. The van der Waals surface area contributed by atoms with Gasteiger partial charge in [-0.2, -0.15) is 0 Å². The predicted octanol–water partition coefficient (Wildman–Crippen LogP) is 0.477. The van der Waals surface area contributed by atoms with E-state index < -0.39 is 10.0 Å². The minimum absolute atomic E-state index is 0.0983. The summed E-state index contributed by atoms with van der Waals surface area (Å²) in [5, 5.41) is -0.0983. The molecule has 6 heteroatoms. The maximum absolute atomic E-state index is 11.9. The highest BCUT2D eigenvalue weighted by Gasteiger charge is 2.41. The van der Waals surface area contributed by atoms with Gasteiger partial charge in [-0.15, -0.1) is 0 Å².